The molecule has 0 aliphatic rings. The number of carboxylic acids is 1. The van der Waals surface area contributed by atoms with Crippen molar-refractivity contribution >= 4 is 17.6 Å². The molecule has 6 nitrogen and oxygen atoms in total. The van der Waals surface area contributed by atoms with Crippen LogP contribution in [0.3, 0.4) is 0 Å². The van der Waals surface area contributed by atoms with Crippen LogP contribution in [0.1, 0.15) is 37.3 Å². The van der Waals surface area contributed by atoms with Crippen molar-refractivity contribution in [2.45, 2.75) is 26.8 Å². The van der Waals surface area contributed by atoms with Crippen molar-refractivity contribution in [1.29, 1.82) is 0 Å². The van der Waals surface area contributed by atoms with Gasteiger partial charge in [0.1, 0.15) is 5.69 Å². The van der Waals surface area contributed by atoms with Crippen molar-refractivity contribution in [1.82, 2.24) is 9.78 Å². The third-order valence-electron chi connectivity index (χ3n) is 2.92. The average Bonchev–Trinajstić information content (AvgIpc) is 2.83. The Hall–Kier alpha value is -2.63. The maximum atomic E-state index is 11.3. The summed E-state index contributed by atoms with van der Waals surface area (Å²) in [6, 6.07) is 8.63. The number of carbonyl (C=O) groups is 2. The topological polar surface area (TPSA) is 84.2 Å². The Balaban J connectivity index is 2.44. The van der Waals surface area contributed by atoms with Crippen LogP contribution in [0, 0.1) is 0 Å². The molecule has 2 N–H and O–H groups in total. The molecule has 0 aliphatic carbocycles. The molecule has 0 radical (unpaired) electrons. The van der Waals surface area contributed by atoms with Crippen molar-refractivity contribution in [2.24, 2.45) is 0 Å². The van der Waals surface area contributed by atoms with Crippen LogP contribution in [-0.4, -0.2) is 26.8 Å². The Morgan fingerprint density at radius 1 is 1.29 bits per heavy atom. The van der Waals surface area contributed by atoms with E-state index >= 15 is 0 Å². The molecule has 1 amide bonds. The lowest BCUT2D eigenvalue weighted by molar-refractivity contribution is -0.114. The van der Waals surface area contributed by atoms with Gasteiger partial charge in [-0.25, -0.2) is 4.79 Å². The number of aromatic carboxylic acids is 1. The van der Waals surface area contributed by atoms with Gasteiger partial charge in [0.15, 0.2) is 0 Å². The second-order valence-corrected chi connectivity index (χ2v) is 5.02. The Bertz CT molecular complexity index is 689. The van der Waals surface area contributed by atoms with E-state index in [2.05, 4.69) is 10.4 Å². The van der Waals surface area contributed by atoms with Gasteiger partial charge >= 0.3 is 5.97 Å². The Morgan fingerprint density at radius 2 is 2.00 bits per heavy atom. The van der Waals surface area contributed by atoms with Gasteiger partial charge in [-0.3, -0.25) is 9.48 Å². The fourth-order valence-corrected chi connectivity index (χ4v) is 2.05. The largest absolute Gasteiger partial charge is 0.477 e. The van der Waals surface area contributed by atoms with Crippen molar-refractivity contribution in [2.75, 3.05) is 5.32 Å². The molecule has 0 saturated carbocycles. The first kappa shape index (κ1) is 14.8. The van der Waals surface area contributed by atoms with Crippen LogP contribution in [-0.2, 0) is 4.79 Å². The number of benzene rings is 1. The monoisotopic (exact) mass is 287 g/mol. The third-order valence-corrected chi connectivity index (χ3v) is 2.92. The summed E-state index contributed by atoms with van der Waals surface area (Å²) in [5.74, 6) is -1.17. The van der Waals surface area contributed by atoms with E-state index in [0.717, 1.165) is 5.56 Å². The van der Waals surface area contributed by atoms with E-state index in [-0.39, 0.29) is 17.6 Å². The molecule has 0 atom stereocenters. The summed E-state index contributed by atoms with van der Waals surface area (Å²) in [7, 11) is 0. The Morgan fingerprint density at radius 3 is 2.52 bits per heavy atom. The molecule has 1 heterocycles. The smallest absolute Gasteiger partial charge is 0.354 e. The summed E-state index contributed by atoms with van der Waals surface area (Å²) in [6.07, 6.45) is 0. The summed E-state index contributed by atoms with van der Waals surface area (Å²) in [4.78, 5) is 22.4. The molecule has 0 bridgehead atoms. The SMILES string of the molecule is CC(=O)Nc1cccc(-c2cc(C(=O)O)n(C(C)C)n2)c1. The van der Waals surface area contributed by atoms with Gasteiger partial charge in [-0.05, 0) is 32.0 Å². The summed E-state index contributed by atoms with van der Waals surface area (Å²) >= 11 is 0. The van der Waals surface area contributed by atoms with Crippen LogP contribution in [0.5, 0.6) is 0 Å². The number of anilines is 1. The molecule has 0 saturated heterocycles. The molecule has 110 valence electrons. The van der Waals surface area contributed by atoms with Crippen molar-refractivity contribution < 1.29 is 14.7 Å². The van der Waals surface area contributed by atoms with Gasteiger partial charge in [-0.15, -0.1) is 0 Å². The maximum absolute atomic E-state index is 11.3. The zero-order valence-corrected chi connectivity index (χ0v) is 12.1. The summed E-state index contributed by atoms with van der Waals surface area (Å²) in [5.41, 5.74) is 2.11. The van der Waals surface area contributed by atoms with E-state index in [1.165, 1.54) is 17.7 Å². The van der Waals surface area contributed by atoms with Crippen LogP contribution in [0.2, 0.25) is 0 Å². The Kier molecular flexibility index (Phi) is 4.07. The number of carboxylic acid groups (broad SMARTS) is 1. The minimum absolute atomic E-state index is 0.0524. The normalized spacial score (nSPS) is 10.7. The van der Waals surface area contributed by atoms with E-state index in [9.17, 15) is 14.7 Å². The highest BCUT2D eigenvalue weighted by molar-refractivity contribution is 5.90. The molecule has 2 aromatic rings. The molecule has 1 aromatic carbocycles. The van der Waals surface area contributed by atoms with E-state index in [0.29, 0.717) is 11.4 Å². The lowest BCUT2D eigenvalue weighted by Gasteiger charge is -2.07. The van der Waals surface area contributed by atoms with E-state index in [4.69, 9.17) is 0 Å². The van der Waals surface area contributed by atoms with Crippen molar-refractivity contribution in [3.05, 3.63) is 36.0 Å². The highest BCUT2D eigenvalue weighted by Gasteiger charge is 2.17. The first-order valence-corrected chi connectivity index (χ1v) is 6.59. The second kappa shape index (κ2) is 5.78. The summed E-state index contributed by atoms with van der Waals surface area (Å²) in [5, 5.41) is 16.3. The molecule has 0 spiro atoms. The molecule has 2 rings (SSSR count). The van der Waals surface area contributed by atoms with Gasteiger partial charge in [0, 0.05) is 24.2 Å². The number of rotatable bonds is 4. The van der Waals surface area contributed by atoms with Gasteiger partial charge in [-0.2, -0.15) is 5.10 Å². The van der Waals surface area contributed by atoms with Gasteiger partial charge in [0.2, 0.25) is 5.91 Å². The quantitative estimate of drug-likeness (QED) is 0.905. The molecule has 1 aromatic heterocycles. The number of hydrogen-bond acceptors (Lipinski definition) is 3. The lowest BCUT2D eigenvalue weighted by atomic mass is 10.1. The zero-order valence-electron chi connectivity index (χ0n) is 12.1. The molecule has 0 unspecified atom stereocenters. The molecule has 21 heavy (non-hydrogen) atoms. The summed E-state index contributed by atoms with van der Waals surface area (Å²) < 4.78 is 1.47. The number of nitrogens with zero attached hydrogens (tertiary/aromatic N) is 2. The highest BCUT2D eigenvalue weighted by Crippen LogP contribution is 2.24. The van der Waals surface area contributed by atoms with Crippen LogP contribution in [0.25, 0.3) is 11.3 Å². The van der Waals surface area contributed by atoms with Gasteiger partial charge in [0.05, 0.1) is 5.69 Å². The van der Waals surface area contributed by atoms with Crippen molar-refractivity contribution in [3.63, 3.8) is 0 Å². The average molecular weight is 287 g/mol. The van der Waals surface area contributed by atoms with E-state index in [1.54, 1.807) is 18.2 Å². The number of aromatic nitrogens is 2. The fourth-order valence-electron chi connectivity index (χ4n) is 2.05. The second-order valence-electron chi connectivity index (χ2n) is 5.02. The predicted octanol–water partition coefficient (Wildman–Crippen LogP) is 2.79. The lowest BCUT2D eigenvalue weighted by Crippen LogP contribution is -2.11. The van der Waals surface area contributed by atoms with E-state index in [1.807, 2.05) is 19.9 Å². The zero-order chi connectivity index (χ0) is 15.6. The molecular formula is C15H17N3O3. The standard InChI is InChI=1S/C15H17N3O3/c1-9(2)18-14(15(20)21)8-13(17-18)11-5-4-6-12(7-11)16-10(3)19/h4-9H,1-3H3,(H,16,19)(H,20,21). The van der Waals surface area contributed by atoms with Gasteiger partial charge < -0.3 is 10.4 Å². The minimum atomic E-state index is -1.01. The number of hydrogen-bond donors (Lipinski definition) is 2. The predicted molar refractivity (Wildman–Crippen MR) is 79.3 cm³/mol. The van der Waals surface area contributed by atoms with Crippen LogP contribution >= 0.6 is 0 Å². The van der Waals surface area contributed by atoms with Crippen LogP contribution < -0.4 is 5.32 Å². The van der Waals surface area contributed by atoms with Crippen LogP contribution in [0.15, 0.2) is 30.3 Å². The first-order valence-electron chi connectivity index (χ1n) is 6.59. The fraction of sp³-hybridized carbons (Fsp3) is 0.267. The summed E-state index contributed by atoms with van der Waals surface area (Å²) in [6.45, 7) is 5.18. The van der Waals surface area contributed by atoms with Crippen molar-refractivity contribution in [3.8, 4) is 11.3 Å². The van der Waals surface area contributed by atoms with Gasteiger partial charge in [-0.1, -0.05) is 12.1 Å². The minimum Gasteiger partial charge on any atom is -0.477 e. The molecular weight excluding hydrogens is 270 g/mol. The highest BCUT2D eigenvalue weighted by atomic mass is 16.4. The van der Waals surface area contributed by atoms with Gasteiger partial charge in [0.25, 0.3) is 0 Å². The number of nitrogens with one attached hydrogen (secondary N) is 1. The maximum Gasteiger partial charge on any atom is 0.354 e. The Labute approximate surface area is 122 Å². The van der Waals surface area contributed by atoms with E-state index < -0.39 is 5.97 Å². The third kappa shape index (κ3) is 3.28. The molecule has 0 fully saturated rings. The van der Waals surface area contributed by atoms with Crippen LogP contribution in [0.4, 0.5) is 5.69 Å². The number of amides is 1. The molecule has 0 aliphatic heterocycles. The molecule has 6 heteroatoms. The number of carbonyl (C=O) groups excluding carboxylic acids is 1. The first-order chi connectivity index (χ1) is 9.88.